The van der Waals surface area contributed by atoms with E-state index in [1.165, 1.54) is 44.1 Å². The largest absolute Gasteiger partial charge is 0.467 e. The first-order chi connectivity index (χ1) is 8.90. The van der Waals surface area contributed by atoms with Crippen LogP contribution in [0.2, 0.25) is 0 Å². The van der Waals surface area contributed by atoms with E-state index in [9.17, 15) is 0 Å². The standard InChI is InChI=1S/C15H25NO2/c1-2-16-11-13-9-10-17-15(13)12-18-14-7-5-3-4-6-8-14/h9-10,14,16H,2-8,11-12H2,1H3. The van der Waals surface area contributed by atoms with Crippen LogP contribution in [0.3, 0.4) is 0 Å². The van der Waals surface area contributed by atoms with Crippen LogP contribution < -0.4 is 5.32 Å². The maximum atomic E-state index is 6.01. The summed E-state index contributed by atoms with van der Waals surface area (Å²) in [6.07, 6.45) is 9.98. The summed E-state index contributed by atoms with van der Waals surface area (Å²) in [5.74, 6) is 0.986. The Bertz CT molecular complexity index is 327. The Balaban J connectivity index is 1.79. The van der Waals surface area contributed by atoms with Gasteiger partial charge in [-0.15, -0.1) is 0 Å². The molecular formula is C15H25NO2. The second-order valence-electron chi connectivity index (χ2n) is 5.07. The van der Waals surface area contributed by atoms with Crippen molar-refractivity contribution in [2.24, 2.45) is 0 Å². The van der Waals surface area contributed by atoms with Crippen LogP contribution in [0.15, 0.2) is 16.7 Å². The van der Waals surface area contributed by atoms with Crippen molar-refractivity contribution in [1.82, 2.24) is 5.32 Å². The molecule has 0 aliphatic heterocycles. The molecule has 0 spiro atoms. The van der Waals surface area contributed by atoms with Crippen LogP contribution in [0.1, 0.15) is 56.8 Å². The van der Waals surface area contributed by atoms with Gasteiger partial charge >= 0.3 is 0 Å². The molecule has 1 heterocycles. The molecule has 2 rings (SSSR count). The van der Waals surface area contributed by atoms with E-state index in [2.05, 4.69) is 12.2 Å². The quantitative estimate of drug-likeness (QED) is 0.784. The van der Waals surface area contributed by atoms with E-state index >= 15 is 0 Å². The Morgan fingerprint density at radius 3 is 2.78 bits per heavy atom. The van der Waals surface area contributed by atoms with Gasteiger partial charge in [-0.05, 0) is 25.5 Å². The molecule has 1 aromatic heterocycles. The summed E-state index contributed by atoms with van der Waals surface area (Å²) in [4.78, 5) is 0. The van der Waals surface area contributed by atoms with Crippen LogP contribution in [0, 0.1) is 0 Å². The lowest BCUT2D eigenvalue weighted by Gasteiger charge is -2.14. The molecule has 1 aliphatic rings. The summed E-state index contributed by atoms with van der Waals surface area (Å²) in [5.41, 5.74) is 1.23. The summed E-state index contributed by atoms with van der Waals surface area (Å²) in [7, 11) is 0. The highest BCUT2D eigenvalue weighted by Crippen LogP contribution is 2.21. The van der Waals surface area contributed by atoms with Gasteiger partial charge in [-0.1, -0.05) is 32.6 Å². The second-order valence-corrected chi connectivity index (χ2v) is 5.07. The van der Waals surface area contributed by atoms with Crippen molar-refractivity contribution < 1.29 is 9.15 Å². The molecule has 0 radical (unpaired) electrons. The van der Waals surface area contributed by atoms with E-state index in [1.807, 2.05) is 6.07 Å². The number of hydrogen-bond donors (Lipinski definition) is 1. The molecule has 0 amide bonds. The van der Waals surface area contributed by atoms with E-state index < -0.39 is 0 Å². The minimum atomic E-state index is 0.435. The van der Waals surface area contributed by atoms with Crippen LogP contribution in [0.5, 0.6) is 0 Å². The van der Waals surface area contributed by atoms with Crippen LogP contribution in [-0.4, -0.2) is 12.6 Å². The van der Waals surface area contributed by atoms with E-state index in [4.69, 9.17) is 9.15 Å². The fourth-order valence-corrected chi connectivity index (χ4v) is 2.51. The number of nitrogens with one attached hydrogen (secondary N) is 1. The molecule has 0 aromatic carbocycles. The Kier molecular flexibility index (Phi) is 5.75. The van der Waals surface area contributed by atoms with Crippen LogP contribution in [-0.2, 0) is 17.9 Å². The maximum absolute atomic E-state index is 6.01. The summed E-state index contributed by atoms with van der Waals surface area (Å²) in [5, 5.41) is 3.32. The predicted molar refractivity (Wildman–Crippen MR) is 72.4 cm³/mol. The smallest absolute Gasteiger partial charge is 0.133 e. The van der Waals surface area contributed by atoms with E-state index in [1.54, 1.807) is 6.26 Å². The molecule has 0 bridgehead atoms. The highest BCUT2D eigenvalue weighted by Gasteiger charge is 2.14. The highest BCUT2D eigenvalue weighted by molar-refractivity contribution is 5.16. The fraction of sp³-hybridized carbons (Fsp3) is 0.733. The molecule has 1 aliphatic carbocycles. The first-order valence-electron chi connectivity index (χ1n) is 7.27. The van der Waals surface area contributed by atoms with E-state index in [0.29, 0.717) is 12.7 Å². The molecule has 1 fully saturated rings. The Morgan fingerprint density at radius 1 is 1.28 bits per heavy atom. The zero-order chi connectivity index (χ0) is 12.6. The third-order valence-corrected chi connectivity index (χ3v) is 3.66. The summed E-state index contributed by atoms with van der Waals surface area (Å²) in [6.45, 7) is 4.59. The third kappa shape index (κ3) is 4.14. The molecule has 3 nitrogen and oxygen atoms in total. The van der Waals surface area contributed by atoms with Crippen LogP contribution in [0.25, 0.3) is 0 Å². The van der Waals surface area contributed by atoms with Crippen molar-refractivity contribution >= 4 is 0 Å². The monoisotopic (exact) mass is 251 g/mol. The van der Waals surface area contributed by atoms with Gasteiger partial charge in [0.05, 0.1) is 12.4 Å². The van der Waals surface area contributed by atoms with Gasteiger partial charge in [-0.3, -0.25) is 0 Å². The highest BCUT2D eigenvalue weighted by atomic mass is 16.5. The lowest BCUT2D eigenvalue weighted by molar-refractivity contribution is 0.0214. The topological polar surface area (TPSA) is 34.4 Å². The van der Waals surface area contributed by atoms with Gasteiger partial charge in [0.2, 0.25) is 0 Å². The fourth-order valence-electron chi connectivity index (χ4n) is 2.51. The van der Waals surface area contributed by atoms with E-state index in [0.717, 1.165) is 18.8 Å². The van der Waals surface area contributed by atoms with Crippen molar-refractivity contribution in [3.05, 3.63) is 23.7 Å². The van der Waals surface area contributed by atoms with Gasteiger partial charge < -0.3 is 14.5 Å². The predicted octanol–water partition coefficient (Wildman–Crippen LogP) is 3.63. The summed E-state index contributed by atoms with van der Waals surface area (Å²) >= 11 is 0. The molecular weight excluding hydrogens is 226 g/mol. The van der Waals surface area contributed by atoms with Crippen molar-refractivity contribution in [2.45, 2.75) is 64.7 Å². The first-order valence-corrected chi connectivity index (χ1v) is 7.27. The molecule has 18 heavy (non-hydrogen) atoms. The van der Waals surface area contributed by atoms with Gasteiger partial charge in [-0.25, -0.2) is 0 Å². The van der Waals surface area contributed by atoms with Gasteiger partial charge in [0.15, 0.2) is 0 Å². The lowest BCUT2D eigenvalue weighted by Crippen LogP contribution is -2.14. The van der Waals surface area contributed by atoms with Crippen molar-refractivity contribution in [1.29, 1.82) is 0 Å². The first kappa shape index (κ1) is 13.6. The minimum Gasteiger partial charge on any atom is -0.467 e. The van der Waals surface area contributed by atoms with Crippen LogP contribution in [0.4, 0.5) is 0 Å². The normalized spacial score (nSPS) is 17.8. The molecule has 102 valence electrons. The maximum Gasteiger partial charge on any atom is 0.133 e. The number of ether oxygens (including phenoxy) is 1. The van der Waals surface area contributed by atoms with Gasteiger partial charge in [0.1, 0.15) is 12.4 Å². The Morgan fingerprint density at radius 2 is 2.06 bits per heavy atom. The third-order valence-electron chi connectivity index (χ3n) is 3.66. The van der Waals surface area contributed by atoms with Gasteiger partial charge in [0.25, 0.3) is 0 Å². The average Bonchev–Trinajstić information content (AvgIpc) is 2.67. The summed E-state index contributed by atoms with van der Waals surface area (Å²) in [6, 6.07) is 2.04. The number of furan rings is 1. The molecule has 3 heteroatoms. The number of rotatable bonds is 6. The molecule has 0 saturated heterocycles. The molecule has 1 saturated carbocycles. The average molecular weight is 251 g/mol. The zero-order valence-electron chi connectivity index (χ0n) is 11.4. The van der Waals surface area contributed by atoms with E-state index in [-0.39, 0.29) is 0 Å². The minimum absolute atomic E-state index is 0.435. The zero-order valence-corrected chi connectivity index (χ0v) is 11.4. The number of hydrogen-bond acceptors (Lipinski definition) is 3. The lowest BCUT2D eigenvalue weighted by atomic mass is 10.1. The van der Waals surface area contributed by atoms with Crippen molar-refractivity contribution in [2.75, 3.05) is 6.54 Å². The van der Waals surface area contributed by atoms with Gasteiger partial charge in [0, 0.05) is 12.1 Å². The van der Waals surface area contributed by atoms with Crippen molar-refractivity contribution in [3.8, 4) is 0 Å². The summed E-state index contributed by atoms with van der Waals surface area (Å²) < 4.78 is 11.5. The molecule has 0 atom stereocenters. The Hall–Kier alpha value is -0.800. The second kappa shape index (κ2) is 7.59. The SMILES string of the molecule is CCNCc1ccoc1COC1CCCCCC1. The van der Waals surface area contributed by atoms with Crippen molar-refractivity contribution in [3.63, 3.8) is 0 Å². The Labute approximate surface area is 110 Å². The van der Waals surface area contributed by atoms with Crippen LogP contribution >= 0.6 is 0 Å². The molecule has 0 unspecified atom stereocenters. The van der Waals surface area contributed by atoms with Gasteiger partial charge in [-0.2, -0.15) is 0 Å². The molecule has 1 aromatic rings. The molecule has 1 N–H and O–H groups in total.